The van der Waals surface area contributed by atoms with Crippen molar-refractivity contribution in [3.05, 3.63) is 34.9 Å². The fourth-order valence-electron chi connectivity index (χ4n) is 3.20. The van der Waals surface area contributed by atoms with E-state index in [0.29, 0.717) is 12.8 Å². The lowest BCUT2D eigenvalue weighted by atomic mass is 9.86. The Balaban J connectivity index is 1.90. The van der Waals surface area contributed by atoms with Crippen LogP contribution in [0, 0.1) is 5.92 Å². The van der Waals surface area contributed by atoms with Crippen molar-refractivity contribution in [2.45, 2.75) is 38.8 Å². The summed E-state index contributed by atoms with van der Waals surface area (Å²) in [6.45, 7) is 2.97. The zero-order valence-corrected chi connectivity index (χ0v) is 11.0. The highest BCUT2D eigenvalue weighted by Gasteiger charge is 2.37. The summed E-state index contributed by atoms with van der Waals surface area (Å²) < 4.78 is 0. The molecule has 2 unspecified atom stereocenters. The summed E-state index contributed by atoms with van der Waals surface area (Å²) in [5.41, 5.74) is 3.91. The summed E-state index contributed by atoms with van der Waals surface area (Å²) in [5, 5.41) is 5.89. The molecule has 0 aromatic heterocycles. The van der Waals surface area contributed by atoms with E-state index in [1.165, 1.54) is 16.7 Å². The molecule has 1 fully saturated rings. The van der Waals surface area contributed by atoms with Gasteiger partial charge in [0.15, 0.2) is 0 Å². The SMILES string of the molecule is CCc1cccc2c1CNC2C1CCC(=O)NC1=O. The molecule has 0 spiro atoms. The summed E-state index contributed by atoms with van der Waals surface area (Å²) >= 11 is 0. The van der Waals surface area contributed by atoms with Crippen LogP contribution in [-0.2, 0) is 22.6 Å². The number of benzene rings is 1. The maximum atomic E-state index is 12.0. The Kier molecular flexibility index (Phi) is 3.11. The standard InChI is InChI=1S/C15H18N2O2/c1-2-9-4-3-5-10-12(9)8-16-14(10)11-6-7-13(18)17-15(11)19/h3-5,11,14,16H,2,6-8H2,1H3,(H,17,18,19). The van der Waals surface area contributed by atoms with Crippen molar-refractivity contribution < 1.29 is 9.59 Å². The van der Waals surface area contributed by atoms with Crippen LogP contribution >= 0.6 is 0 Å². The van der Waals surface area contributed by atoms with E-state index in [1.807, 2.05) is 0 Å². The number of hydrogen-bond acceptors (Lipinski definition) is 3. The number of carbonyl (C=O) groups excluding carboxylic acids is 2. The minimum Gasteiger partial charge on any atom is -0.305 e. The molecule has 2 heterocycles. The van der Waals surface area contributed by atoms with Gasteiger partial charge in [0.1, 0.15) is 0 Å². The Morgan fingerprint density at radius 2 is 2.16 bits per heavy atom. The predicted octanol–water partition coefficient (Wildman–Crippen LogP) is 1.45. The van der Waals surface area contributed by atoms with Crippen LogP contribution in [0.2, 0.25) is 0 Å². The van der Waals surface area contributed by atoms with Crippen molar-refractivity contribution in [3.8, 4) is 0 Å². The lowest BCUT2D eigenvalue weighted by molar-refractivity contribution is -0.137. The van der Waals surface area contributed by atoms with Crippen LogP contribution in [-0.4, -0.2) is 11.8 Å². The van der Waals surface area contributed by atoms with Crippen LogP contribution in [0.15, 0.2) is 18.2 Å². The quantitative estimate of drug-likeness (QED) is 0.789. The molecule has 1 saturated heterocycles. The molecule has 3 rings (SSSR count). The summed E-state index contributed by atoms with van der Waals surface area (Å²) in [5.74, 6) is -0.420. The molecule has 0 bridgehead atoms. The molecule has 0 saturated carbocycles. The van der Waals surface area contributed by atoms with Crippen molar-refractivity contribution in [2.75, 3.05) is 0 Å². The Bertz CT molecular complexity index is 539. The van der Waals surface area contributed by atoms with Crippen LogP contribution in [0.3, 0.4) is 0 Å². The third-order valence-corrected chi connectivity index (χ3v) is 4.21. The van der Waals surface area contributed by atoms with E-state index in [4.69, 9.17) is 0 Å². The zero-order valence-electron chi connectivity index (χ0n) is 11.0. The number of imide groups is 1. The summed E-state index contributed by atoms with van der Waals surface area (Å²) in [4.78, 5) is 23.2. The molecule has 0 radical (unpaired) electrons. The second-order valence-electron chi connectivity index (χ2n) is 5.25. The fourth-order valence-corrected chi connectivity index (χ4v) is 3.20. The molecule has 2 amide bonds. The monoisotopic (exact) mass is 258 g/mol. The van der Waals surface area contributed by atoms with Gasteiger partial charge in [0.05, 0.1) is 5.92 Å². The first-order chi connectivity index (χ1) is 9.20. The molecule has 2 N–H and O–H groups in total. The number of aryl methyl sites for hydroxylation is 1. The van der Waals surface area contributed by atoms with E-state index in [0.717, 1.165) is 13.0 Å². The molecule has 4 heteroatoms. The first-order valence-corrected chi connectivity index (χ1v) is 6.88. The Labute approximate surface area is 112 Å². The fraction of sp³-hybridized carbons (Fsp3) is 0.467. The predicted molar refractivity (Wildman–Crippen MR) is 71.3 cm³/mol. The number of fused-ring (bicyclic) bond motifs is 1. The highest BCUT2D eigenvalue weighted by Crippen LogP contribution is 2.36. The number of nitrogens with one attached hydrogen (secondary N) is 2. The minimum absolute atomic E-state index is 0.0506. The van der Waals surface area contributed by atoms with Gasteiger partial charge in [0, 0.05) is 19.0 Å². The van der Waals surface area contributed by atoms with E-state index < -0.39 is 0 Å². The second-order valence-corrected chi connectivity index (χ2v) is 5.25. The smallest absolute Gasteiger partial charge is 0.231 e. The summed E-state index contributed by atoms with van der Waals surface area (Å²) in [6, 6.07) is 6.36. The molecule has 2 aliphatic rings. The van der Waals surface area contributed by atoms with Gasteiger partial charge in [0.2, 0.25) is 11.8 Å². The van der Waals surface area contributed by atoms with Crippen LogP contribution in [0.1, 0.15) is 42.5 Å². The number of carbonyl (C=O) groups is 2. The molecule has 0 aliphatic carbocycles. The summed E-state index contributed by atoms with van der Waals surface area (Å²) in [7, 11) is 0. The van der Waals surface area contributed by atoms with Crippen LogP contribution in [0.25, 0.3) is 0 Å². The van der Waals surface area contributed by atoms with Gasteiger partial charge in [-0.2, -0.15) is 0 Å². The molecule has 100 valence electrons. The molecule has 4 nitrogen and oxygen atoms in total. The van der Waals surface area contributed by atoms with Gasteiger partial charge >= 0.3 is 0 Å². The third kappa shape index (κ3) is 2.06. The molecular weight excluding hydrogens is 240 g/mol. The van der Waals surface area contributed by atoms with E-state index in [2.05, 4.69) is 35.8 Å². The number of amides is 2. The van der Waals surface area contributed by atoms with Crippen LogP contribution in [0.5, 0.6) is 0 Å². The van der Waals surface area contributed by atoms with Crippen molar-refractivity contribution in [1.29, 1.82) is 0 Å². The first kappa shape index (κ1) is 12.4. The number of hydrogen-bond donors (Lipinski definition) is 2. The minimum atomic E-state index is -0.151. The molecular formula is C15H18N2O2. The number of piperidine rings is 1. The lowest BCUT2D eigenvalue weighted by Gasteiger charge is -2.26. The molecule has 1 aromatic carbocycles. The van der Waals surface area contributed by atoms with Gasteiger partial charge in [-0.3, -0.25) is 14.9 Å². The Morgan fingerprint density at radius 3 is 2.89 bits per heavy atom. The average molecular weight is 258 g/mol. The van der Waals surface area contributed by atoms with Crippen LogP contribution in [0.4, 0.5) is 0 Å². The highest BCUT2D eigenvalue weighted by atomic mass is 16.2. The van der Waals surface area contributed by atoms with Gasteiger partial charge in [-0.15, -0.1) is 0 Å². The molecule has 2 aliphatic heterocycles. The van der Waals surface area contributed by atoms with E-state index in [-0.39, 0.29) is 23.8 Å². The van der Waals surface area contributed by atoms with Gasteiger partial charge in [-0.1, -0.05) is 25.1 Å². The van der Waals surface area contributed by atoms with Crippen molar-refractivity contribution in [3.63, 3.8) is 0 Å². The zero-order chi connectivity index (χ0) is 13.4. The largest absolute Gasteiger partial charge is 0.305 e. The normalized spacial score (nSPS) is 26.2. The topological polar surface area (TPSA) is 58.2 Å². The molecule has 19 heavy (non-hydrogen) atoms. The van der Waals surface area contributed by atoms with Crippen molar-refractivity contribution in [2.24, 2.45) is 5.92 Å². The lowest BCUT2D eigenvalue weighted by Crippen LogP contribution is -2.44. The Morgan fingerprint density at radius 1 is 1.32 bits per heavy atom. The summed E-state index contributed by atoms with van der Waals surface area (Å²) in [6.07, 6.45) is 2.09. The third-order valence-electron chi connectivity index (χ3n) is 4.21. The van der Waals surface area contributed by atoms with Crippen molar-refractivity contribution >= 4 is 11.8 Å². The van der Waals surface area contributed by atoms with Gasteiger partial charge < -0.3 is 5.32 Å². The maximum absolute atomic E-state index is 12.0. The first-order valence-electron chi connectivity index (χ1n) is 6.88. The van der Waals surface area contributed by atoms with E-state index >= 15 is 0 Å². The molecule has 2 atom stereocenters. The van der Waals surface area contributed by atoms with Crippen molar-refractivity contribution in [1.82, 2.24) is 10.6 Å². The Hall–Kier alpha value is -1.68. The average Bonchev–Trinajstić information content (AvgIpc) is 2.82. The van der Waals surface area contributed by atoms with Gasteiger partial charge in [-0.05, 0) is 29.5 Å². The molecule has 1 aromatic rings. The van der Waals surface area contributed by atoms with E-state index in [1.54, 1.807) is 0 Å². The van der Waals surface area contributed by atoms with Gasteiger partial charge in [-0.25, -0.2) is 0 Å². The highest BCUT2D eigenvalue weighted by molar-refractivity contribution is 5.99. The number of rotatable bonds is 2. The second kappa shape index (κ2) is 4.78. The maximum Gasteiger partial charge on any atom is 0.231 e. The van der Waals surface area contributed by atoms with Gasteiger partial charge in [0.25, 0.3) is 0 Å². The van der Waals surface area contributed by atoms with E-state index in [9.17, 15) is 9.59 Å². The van der Waals surface area contributed by atoms with Crippen LogP contribution < -0.4 is 10.6 Å².